The molecule has 8 nitrogen and oxygen atoms in total. The first-order valence-corrected chi connectivity index (χ1v) is 7.22. The molecule has 2 aliphatic rings. The lowest BCUT2D eigenvalue weighted by Gasteiger charge is -2.37. The van der Waals surface area contributed by atoms with Gasteiger partial charge in [0.25, 0.3) is 0 Å². The van der Waals surface area contributed by atoms with Crippen LogP contribution in [0.25, 0.3) is 0 Å². The molecule has 2 amide bonds. The SMILES string of the molecule is CC(C)(C)OC(=O)N[C@@H](CC1CC2(COC2)NC1=O)C(=O)O. The van der Waals surface area contributed by atoms with Crippen molar-refractivity contribution < 1.29 is 29.0 Å². The molecule has 22 heavy (non-hydrogen) atoms. The van der Waals surface area contributed by atoms with E-state index < -0.39 is 29.6 Å². The Balaban J connectivity index is 1.93. The highest BCUT2D eigenvalue weighted by molar-refractivity contribution is 5.85. The summed E-state index contributed by atoms with van der Waals surface area (Å²) in [4.78, 5) is 35.0. The van der Waals surface area contributed by atoms with Crippen molar-refractivity contribution in [2.45, 2.75) is 50.8 Å². The molecule has 0 aliphatic carbocycles. The van der Waals surface area contributed by atoms with E-state index in [2.05, 4.69) is 10.6 Å². The summed E-state index contributed by atoms with van der Waals surface area (Å²) in [5.41, 5.74) is -1.07. The van der Waals surface area contributed by atoms with Gasteiger partial charge in [0.15, 0.2) is 0 Å². The van der Waals surface area contributed by atoms with Crippen LogP contribution in [-0.4, -0.2) is 53.5 Å². The van der Waals surface area contributed by atoms with Crippen LogP contribution in [-0.2, 0) is 19.1 Å². The second-order valence-corrected chi connectivity index (χ2v) is 6.94. The number of hydrogen-bond donors (Lipinski definition) is 3. The largest absolute Gasteiger partial charge is 0.480 e. The molecule has 1 unspecified atom stereocenters. The van der Waals surface area contributed by atoms with Crippen LogP contribution in [0.15, 0.2) is 0 Å². The van der Waals surface area contributed by atoms with E-state index >= 15 is 0 Å². The normalized spacial score (nSPS) is 24.3. The fourth-order valence-electron chi connectivity index (χ4n) is 2.66. The van der Waals surface area contributed by atoms with Gasteiger partial charge in [0.05, 0.1) is 18.8 Å². The molecule has 0 radical (unpaired) electrons. The van der Waals surface area contributed by atoms with Crippen LogP contribution in [0.4, 0.5) is 4.79 Å². The van der Waals surface area contributed by atoms with Crippen LogP contribution >= 0.6 is 0 Å². The van der Waals surface area contributed by atoms with Crippen molar-refractivity contribution in [1.82, 2.24) is 10.6 Å². The van der Waals surface area contributed by atoms with Crippen LogP contribution in [0.5, 0.6) is 0 Å². The van der Waals surface area contributed by atoms with E-state index in [1.165, 1.54) is 0 Å². The van der Waals surface area contributed by atoms with Crippen molar-refractivity contribution in [1.29, 1.82) is 0 Å². The molecule has 3 N–H and O–H groups in total. The quantitative estimate of drug-likeness (QED) is 0.686. The molecule has 2 rings (SSSR count). The Morgan fingerprint density at radius 2 is 2.14 bits per heavy atom. The number of carbonyl (C=O) groups excluding carboxylic acids is 2. The van der Waals surface area contributed by atoms with Crippen molar-refractivity contribution in [3.05, 3.63) is 0 Å². The lowest BCUT2D eigenvalue weighted by Crippen LogP contribution is -2.57. The van der Waals surface area contributed by atoms with Gasteiger partial charge >= 0.3 is 12.1 Å². The minimum absolute atomic E-state index is 0.0299. The molecular weight excluding hydrogens is 292 g/mol. The van der Waals surface area contributed by atoms with Crippen molar-refractivity contribution in [2.24, 2.45) is 5.92 Å². The summed E-state index contributed by atoms with van der Waals surface area (Å²) < 4.78 is 10.2. The third-order valence-electron chi connectivity index (χ3n) is 3.66. The molecule has 124 valence electrons. The highest BCUT2D eigenvalue weighted by Crippen LogP contribution is 2.33. The van der Waals surface area contributed by atoms with Crippen LogP contribution in [0.1, 0.15) is 33.6 Å². The van der Waals surface area contributed by atoms with Gasteiger partial charge in [-0.15, -0.1) is 0 Å². The van der Waals surface area contributed by atoms with Crippen molar-refractivity contribution in [2.75, 3.05) is 13.2 Å². The number of carboxylic acid groups (broad SMARTS) is 1. The highest BCUT2D eigenvalue weighted by atomic mass is 16.6. The summed E-state index contributed by atoms with van der Waals surface area (Å²) in [7, 11) is 0. The van der Waals surface area contributed by atoms with E-state index in [-0.39, 0.29) is 17.9 Å². The predicted molar refractivity (Wildman–Crippen MR) is 75.2 cm³/mol. The molecule has 8 heteroatoms. The molecule has 2 atom stereocenters. The summed E-state index contributed by atoms with van der Waals surface area (Å²) in [6.07, 6.45) is -0.256. The van der Waals surface area contributed by atoms with Crippen molar-refractivity contribution in [3.63, 3.8) is 0 Å². The Morgan fingerprint density at radius 1 is 1.50 bits per heavy atom. The zero-order chi connectivity index (χ0) is 16.5. The number of nitrogens with one attached hydrogen (secondary N) is 2. The first-order valence-electron chi connectivity index (χ1n) is 7.22. The molecular formula is C14H22N2O6. The maximum Gasteiger partial charge on any atom is 0.408 e. The van der Waals surface area contributed by atoms with Gasteiger partial charge in [-0.2, -0.15) is 0 Å². The third kappa shape index (κ3) is 3.88. The number of alkyl carbamates (subject to hydrolysis) is 1. The first kappa shape index (κ1) is 16.5. The standard InChI is InChI=1S/C14H22N2O6/c1-13(2,3)22-12(20)15-9(11(18)19)4-8-5-14(6-21-7-14)16-10(8)17/h8-9H,4-7H2,1-3H3,(H,15,20)(H,16,17)(H,18,19)/t8?,9-/m0/s1. The molecule has 2 aliphatic heterocycles. The van der Waals surface area contributed by atoms with Crippen LogP contribution in [0, 0.1) is 5.92 Å². The number of rotatable bonds is 4. The molecule has 0 bridgehead atoms. The Kier molecular flexibility index (Phi) is 4.32. The number of hydrogen-bond acceptors (Lipinski definition) is 5. The van der Waals surface area contributed by atoms with Gasteiger partial charge in [0.1, 0.15) is 11.6 Å². The van der Waals surface area contributed by atoms with E-state index in [0.717, 1.165) is 0 Å². The Bertz CT molecular complexity index is 480. The lowest BCUT2D eigenvalue weighted by atomic mass is 9.88. The number of carbonyl (C=O) groups is 3. The van der Waals surface area contributed by atoms with Gasteiger partial charge in [-0.25, -0.2) is 9.59 Å². The molecule has 1 spiro atoms. The highest BCUT2D eigenvalue weighted by Gasteiger charge is 2.50. The van der Waals surface area contributed by atoms with Gasteiger partial charge in [-0.3, -0.25) is 4.79 Å². The molecule has 2 fully saturated rings. The Labute approximate surface area is 128 Å². The van der Waals surface area contributed by atoms with Crippen molar-refractivity contribution >= 4 is 18.0 Å². The van der Waals surface area contributed by atoms with Gasteiger partial charge < -0.3 is 25.2 Å². The van der Waals surface area contributed by atoms with Crippen LogP contribution < -0.4 is 10.6 Å². The molecule has 0 aromatic carbocycles. The third-order valence-corrected chi connectivity index (χ3v) is 3.66. The second kappa shape index (κ2) is 5.75. The number of amides is 2. The van der Waals surface area contributed by atoms with Gasteiger partial charge in [0, 0.05) is 5.92 Å². The zero-order valence-electron chi connectivity index (χ0n) is 13.0. The minimum atomic E-state index is -1.19. The summed E-state index contributed by atoms with van der Waals surface area (Å²) in [6.45, 7) is 5.96. The smallest absolute Gasteiger partial charge is 0.408 e. The van der Waals surface area contributed by atoms with Gasteiger partial charge in [-0.1, -0.05) is 0 Å². The predicted octanol–water partition coefficient (Wildman–Crippen LogP) is 0.260. The number of aliphatic carboxylic acids is 1. The monoisotopic (exact) mass is 314 g/mol. The summed E-state index contributed by atoms with van der Waals surface area (Å²) >= 11 is 0. The number of carboxylic acids is 1. The summed E-state index contributed by atoms with van der Waals surface area (Å²) in [6, 6.07) is -1.17. The average molecular weight is 314 g/mol. The zero-order valence-corrected chi connectivity index (χ0v) is 13.0. The van der Waals surface area contributed by atoms with Crippen LogP contribution in [0.3, 0.4) is 0 Å². The van der Waals surface area contributed by atoms with E-state index in [9.17, 15) is 19.5 Å². The van der Waals surface area contributed by atoms with Gasteiger partial charge in [-0.05, 0) is 33.6 Å². The van der Waals surface area contributed by atoms with Crippen molar-refractivity contribution in [3.8, 4) is 0 Å². The van der Waals surface area contributed by atoms with E-state index in [1.807, 2.05) is 0 Å². The van der Waals surface area contributed by atoms with E-state index in [0.29, 0.717) is 19.6 Å². The fraction of sp³-hybridized carbons (Fsp3) is 0.786. The Hall–Kier alpha value is -1.83. The minimum Gasteiger partial charge on any atom is -0.480 e. The molecule has 0 saturated carbocycles. The number of ether oxygens (including phenoxy) is 2. The molecule has 2 heterocycles. The van der Waals surface area contributed by atoms with E-state index in [4.69, 9.17) is 9.47 Å². The van der Waals surface area contributed by atoms with Crippen LogP contribution in [0.2, 0.25) is 0 Å². The second-order valence-electron chi connectivity index (χ2n) is 6.94. The summed E-state index contributed by atoms with van der Waals surface area (Å²) in [5, 5.41) is 14.4. The molecule has 2 saturated heterocycles. The first-order chi connectivity index (χ1) is 10.1. The Morgan fingerprint density at radius 3 is 2.55 bits per heavy atom. The maximum absolute atomic E-state index is 12.0. The maximum atomic E-state index is 12.0. The molecule has 0 aromatic rings. The van der Waals surface area contributed by atoms with E-state index in [1.54, 1.807) is 20.8 Å². The van der Waals surface area contributed by atoms with Gasteiger partial charge in [0.2, 0.25) is 5.91 Å². The molecule has 0 aromatic heterocycles. The fourth-order valence-corrected chi connectivity index (χ4v) is 2.66. The summed E-state index contributed by atoms with van der Waals surface area (Å²) in [5.74, 6) is -1.84. The average Bonchev–Trinajstić information content (AvgIpc) is 2.63. The lowest BCUT2D eigenvalue weighted by molar-refractivity contribution is -0.140. The topological polar surface area (TPSA) is 114 Å².